The van der Waals surface area contributed by atoms with E-state index in [0.29, 0.717) is 11.5 Å². The Kier molecular flexibility index (Phi) is 5.06. The summed E-state index contributed by atoms with van der Waals surface area (Å²) in [5.41, 5.74) is 0.243. The Bertz CT molecular complexity index is 510. The SMILES string of the molecule is CCOC(=O)CN(c1c([N+](=O)[O-])c(C)nn1C)C(C)C. The van der Waals surface area contributed by atoms with Gasteiger partial charge in [0.15, 0.2) is 0 Å². The van der Waals surface area contributed by atoms with Crippen LogP contribution in [0.4, 0.5) is 11.5 Å². The van der Waals surface area contributed by atoms with Gasteiger partial charge in [0.05, 0.1) is 11.5 Å². The van der Waals surface area contributed by atoms with Crippen molar-refractivity contribution in [2.24, 2.45) is 7.05 Å². The van der Waals surface area contributed by atoms with Crippen LogP contribution in [0.2, 0.25) is 0 Å². The van der Waals surface area contributed by atoms with Crippen LogP contribution < -0.4 is 4.90 Å². The molecule has 0 bridgehead atoms. The Morgan fingerprint density at radius 1 is 1.55 bits per heavy atom. The molecule has 0 N–H and O–H groups in total. The van der Waals surface area contributed by atoms with Gasteiger partial charge < -0.3 is 9.64 Å². The zero-order chi connectivity index (χ0) is 15.4. The van der Waals surface area contributed by atoms with Gasteiger partial charge in [-0.05, 0) is 27.7 Å². The highest BCUT2D eigenvalue weighted by molar-refractivity contribution is 5.77. The summed E-state index contributed by atoms with van der Waals surface area (Å²) in [5, 5.41) is 15.3. The molecule has 0 radical (unpaired) electrons. The first-order valence-corrected chi connectivity index (χ1v) is 6.39. The largest absolute Gasteiger partial charge is 0.465 e. The van der Waals surface area contributed by atoms with Crippen LogP contribution in [-0.4, -0.2) is 39.9 Å². The van der Waals surface area contributed by atoms with Gasteiger partial charge in [-0.2, -0.15) is 5.10 Å². The van der Waals surface area contributed by atoms with Crippen LogP contribution in [-0.2, 0) is 16.6 Å². The second-order valence-corrected chi connectivity index (χ2v) is 4.67. The maximum absolute atomic E-state index is 11.7. The molecular weight excluding hydrogens is 264 g/mol. The Morgan fingerprint density at radius 2 is 2.15 bits per heavy atom. The van der Waals surface area contributed by atoms with E-state index in [2.05, 4.69) is 5.10 Å². The number of aryl methyl sites for hydroxylation is 2. The van der Waals surface area contributed by atoms with E-state index in [0.717, 1.165) is 0 Å². The number of aromatic nitrogens is 2. The number of hydrogen-bond donors (Lipinski definition) is 0. The summed E-state index contributed by atoms with van der Waals surface area (Å²) < 4.78 is 6.33. The number of hydrogen-bond acceptors (Lipinski definition) is 6. The van der Waals surface area contributed by atoms with Crippen LogP contribution in [0, 0.1) is 17.0 Å². The van der Waals surface area contributed by atoms with Gasteiger partial charge in [0, 0.05) is 13.1 Å². The molecule has 1 aromatic heterocycles. The number of nitrogens with zero attached hydrogens (tertiary/aromatic N) is 4. The van der Waals surface area contributed by atoms with Gasteiger partial charge in [-0.25, -0.2) is 4.68 Å². The van der Waals surface area contributed by atoms with Gasteiger partial charge in [0.2, 0.25) is 5.82 Å². The second kappa shape index (κ2) is 6.36. The Balaban J connectivity index is 3.22. The monoisotopic (exact) mass is 284 g/mol. The van der Waals surface area contributed by atoms with Crippen molar-refractivity contribution in [2.45, 2.75) is 33.7 Å². The van der Waals surface area contributed by atoms with E-state index in [1.807, 2.05) is 13.8 Å². The van der Waals surface area contributed by atoms with Gasteiger partial charge in [-0.3, -0.25) is 14.9 Å². The minimum absolute atomic E-state index is 0.0503. The summed E-state index contributed by atoms with van der Waals surface area (Å²) in [4.78, 5) is 24.0. The first-order valence-electron chi connectivity index (χ1n) is 6.39. The highest BCUT2D eigenvalue weighted by Crippen LogP contribution is 2.31. The van der Waals surface area contributed by atoms with Crippen molar-refractivity contribution in [1.82, 2.24) is 9.78 Å². The molecule has 0 unspecified atom stereocenters. The van der Waals surface area contributed by atoms with E-state index in [1.54, 1.807) is 25.8 Å². The maximum atomic E-state index is 11.7. The maximum Gasteiger partial charge on any atom is 0.333 e. The lowest BCUT2D eigenvalue weighted by atomic mass is 10.2. The molecular formula is C12H20N4O4. The average Bonchev–Trinajstić information content (AvgIpc) is 2.61. The summed E-state index contributed by atoms with van der Waals surface area (Å²) in [7, 11) is 1.62. The van der Waals surface area contributed by atoms with Crippen molar-refractivity contribution < 1.29 is 14.5 Å². The number of esters is 1. The lowest BCUT2D eigenvalue weighted by Gasteiger charge is -2.26. The minimum Gasteiger partial charge on any atom is -0.465 e. The van der Waals surface area contributed by atoms with Crippen molar-refractivity contribution in [1.29, 1.82) is 0 Å². The number of carbonyl (C=O) groups is 1. The number of nitro groups is 1. The molecule has 0 saturated carbocycles. The topological polar surface area (TPSA) is 90.5 Å². The molecule has 0 aliphatic carbocycles. The second-order valence-electron chi connectivity index (χ2n) is 4.67. The highest BCUT2D eigenvalue weighted by Gasteiger charge is 2.31. The third kappa shape index (κ3) is 3.25. The van der Waals surface area contributed by atoms with Gasteiger partial charge in [0.25, 0.3) is 0 Å². The standard InChI is InChI=1S/C12H20N4O4/c1-6-20-10(17)7-15(8(2)3)12-11(16(18)19)9(4)13-14(12)5/h8H,6-7H2,1-5H3. The third-order valence-corrected chi connectivity index (χ3v) is 2.84. The lowest BCUT2D eigenvalue weighted by molar-refractivity contribution is -0.384. The molecule has 8 heteroatoms. The van der Waals surface area contributed by atoms with Crippen LogP contribution in [0.3, 0.4) is 0 Å². The molecule has 1 aromatic rings. The van der Waals surface area contributed by atoms with Gasteiger partial charge >= 0.3 is 11.7 Å². The van der Waals surface area contributed by atoms with Crippen LogP contribution in [0.15, 0.2) is 0 Å². The zero-order valence-electron chi connectivity index (χ0n) is 12.4. The molecule has 0 aliphatic heterocycles. The van der Waals surface area contributed by atoms with E-state index in [9.17, 15) is 14.9 Å². The molecule has 112 valence electrons. The molecule has 1 rings (SSSR count). The molecule has 1 heterocycles. The summed E-state index contributed by atoms with van der Waals surface area (Å²) in [6, 6.07) is -0.104. The van der Waals surface area contributed by atoms with Gasteiger partial charge in [-0.15, -0.1) is 0 Å². The fraction of sp³-hybridized carbons (Fsp3) is 0.667. The molecule has 0 aliphatic rings. The van der Waals surface area contributed by atoms with E-state index >= 15 is 0 Å². The molecule has 0 fully saturated rings. The first-order chi connectivity index (χ1) is 9.29. The molecule has 0 saturated heterocycles. The highest BCUT2D eigenvalue weighted by atomic mass is 16.6. The van der Waals surface area contributed by atoms with Crippen LogP contribution >= 0.6 is 0 Å². The molecule has 0 spiro atoms. The predicted molar refractivity (Wildman–Crippen MR) is 73.7 cm³/mol. The minimum atomic E-state index is -0.474. The normalized spacial score (nSPS) is 10.7. The molecule has 20 heavy (non-hydrogen) atoms. The van der Waals surface area contributed by atoms with Crippen LogP contribution in [0.5, 0.6) is 0 Å². The quantitative estimate of drug-likeness (QED) is 0.445. The molecule has 8 nitrogen and oxygen atoms in total. The van der Waals surface area contributed by atoms with Crippen LogP contribution in [0.1, 0.15) is 26.5 Å². The average molecular weight is 284 g/mol. The fourth-order valence-electron chi connectivity index (χ4n) is 2.02. The van der Waals surface area contributed by atoms with Crippen molar-refractivity contribution in [3.8, 4) is 0 Å². The predicted octanol–water partition coefficient (Wildman–Crippen LogP) is 1.41. The van der Waals surface area contributed by atoms with Crippen molar-refractivity contribution >= 4 is 17.5 Å². The smallest absolute Gasteiger partial charge is 0.333 e. The number of anilines is 1. The molecule has 0 atom stereocenters. The number of ether oxygens (including phenoxy) is 1. The fourth-order valence-corrected chi connectivity index (χ4v) is 2.02. The number of carbonyl (C=O) groups excluding carboxylic acids is 1. The van der Waals surface area contributed by atoms with Crippen LogP contribution in [0.25, 0.3) is 0 Å². The van der Waals surface area contributed by atoms with Crippen molar-refractivity contribution in [2.75, 3.05) is 18.1 Å². The van der Waals surface area contributed by atoms with E-state index < -0.39 is 10.9 Å². The third-order valence-electron chi connectivity index (χ3n) is 2.84. The van der Waals surface area contributed by atoms with E-state index in [-0.39, 0.29) is 24.9 Å². The zero-order valence-corrected chi connectivity index (χ0v) is 12.4. The van der Waals surface area contributed by atoms with Crippen molar-refractivity contribution in [3.63, 3.8) is 0 Å². The van der Waals surface area contributed by atoms with E-state index in [1.165, 1.54) is 4.68 Å². The van der Waals surface area contributed by atoms with Gasteiger partial charge in [-0.1, -0.05) is 0 Å². The summed E-state index contributed by atoms with van der Waals surface area (Å²) in [6.07, 6.45) is 0. The van der Waals surface area contributed by atoms with E-state index in [4.69, 9.17) is 4.74 Å². The van der Waals surface area contributed by atoms with Gasteiger partial charge in [0.1, 0.15) is 12.2 Å². The lowest BCUT2D eigenvalue weighted by Crippen LogP contribution is -2.38. The van der Waals surface area contributed by atoms with Crippen molar-refractivity contribution in [3.05, 3.63) is 15.8 Å². The Labute approximate surface area is 117 Å². The Morgan fingerprint density at radius 3 is 2.60 bits per heavy atom. The summed E-state index contributed by atoms with van der Waals surface area (Å²) >= 11 is 0. The summed E-state index contributed by atoms with van der Waals surface area (Å²) in [6.45, 7) is 7.22. The molecule has 0 aromatic carbocycles. The Hall–Kier alpha value is -2.12. The molecule has 0 amide bonds. The first kappa shape index (κ1) is 15.9. The summed E-state index contributed by atoms with van der Waals surface area (Å²) in [5.74, 6) is -0.107. The number of rotatable bonds is 6.